The standard InChI is InChI=1S/C26H34N6O3/c1-33-21-10-11-24(34-2)23(17-21)25(26-27-28-29-32(26)19-22-9-6-16-35-22)31-14-12-30(13-15-31)18-20-7-4-3-5-8-20/h3-5,7-8,10-11,17,22,25H,6,9,12-16,18-19H2,1-2H3/t22-,25-/m1/s1. The number of rotatable bonds is 9. The van der Waals surface area contributed by atoms with Gasteiger partial charge < -0.3 is 14.2 Å². The van der Waals surface area contributed by atoms with Crippen molar-refractivity contribution in [1.82, 2.24) is 30.0 Å². The fourth-order valence-corrected chi connectivity index (χ4v) is 5.09. The van der Waals surface area contributed by atoms with E-state index in [-0.39, 0.29) is 12.1 Å². The van der Waals surface area contributed by atoms with E-state index < -0.39 is 0 Å². The van der Waals surface area contributed by atoms with Crippen molar-refractivity contribution < 1.29 is 14.2 Å². The summed E-state index contributed by atoms with van der Waals surface area (Å²) < 4.78 is 19.2. The lowest BCUT2D eigenvalue weighted by Crippen LogP contribution is -2.48. The fraction of sp³-hybridized carbons (Fsp3) is 0.500. The van der Waals surface area contributed by atoms with Crippen LogP contribution in [0, 0.1) is 0 Å². The van der Waals surface area contributed by atoms with Crippen molar-refractivity contribution in [3.8, 4) is 11.5 Å². The molecule has 186 valence electrons. The Morgan fingerprint density at radius 1 is 1.03 bits per heavy atom. The van der Waals surface area contributed by atoms with Crippen LogP contribution in [-0.4, -0.2) is 83.1 Å². The molecule has 2 fully saturated rings. The van der Waals surface area contributed by atoms with E-state index in [2.05, 4.69) is 55.7 Å². The number of benzene rings is 2. The summed E-state index contributed by atoms with van der Waals surface area (Å²) >= 11 is 0. The van der Waals surface area contributed by atoms with Crippen LogP contribution in [0.15, 0.2) is 48.5 Å². The molecule has 3 aromatic rings. The molecule has 3 heterocycles. The number of piperazine rings is 1. The molecular formula is C26H34N6O3. The van der Waals surface area contributed by atoms with Crippen LogP contribution >= 0.6 is 0 Å². The minimum absolute atomic E-state index is 0.146. The van der Waals surface area contributed by atoms with Crippen molar-refractivity contribution in [1.29, 1.82) is 0 Å². The molecule has 35 heavy (non-hydrogen) atoms. The van der Waals surface area contributed by atoms with E-state index in [9.17, 15) is 0 Å². The van der Waals surface area contributed by atoms with Gasteiger partial charge in [0.15, 0.2) is 5.82 Å². The molecule has 2 aliphatic rings. The number of hydrogen-bond acceptors (Lipinski definition) is 8. The molecule has 0 amide bonds. The first kappa shape index (κ1) is 23.7. The van der Waals surface area contributed by atoms with Crippen LogP contribution in [0.25, 0.3) is 0 Å². The molecule has 0 unspecified atom stereocenters. The van der Waals surface area contributed by atoms with Gasteiger partial charge >= 0.3 is 0 Å². The van der Waals surface area contributed by atoms with E-state index in [1.54, 1.807) is 14.2 Å². The lowest BCUT2D eigenvalue weighted by atomic mass is 10.0. The molecule has 9 heteroatoms. The summed E-state index contributed by atoms with van der Waals surface area (Å²) in [4.78, 5) is 4.96. The smallest absolute Gasteiger partial charge is 0.173 e. The molecule has 9 nitrogen and oxygen atoms in total. The van der Waals surface area contributed by atoms with Crippen molar-refractivity contribution in [2.45, 2.75) is 38.1 Å². The SMILES string of the molecule is COc1ccc(OC)c([C@H](c2nnnn2C[C@H]2CCCO2)N2CCN(Cc3ccccc3)CC2)c1. The van der Waals surface area contributed by atoms with Crippen molar-refractivity contribution in [2.24, 2.45) is 0 Å². The third-order valence-corrected chi connectivity index (χ3v) is 6.96. The van der Waals surface area contributed by atoms with Crippen LogP contribution in [0.3, 0.4) is 0 Å². The second-order valence-corrected chi connectivity index (χ2v) is 9.16. The first-order valence-corrected chi connectivity index (χ1v) is 12.3. The van der Waals surface area contributed by atoms with E-state index in [0.717, 1.165) is 75.1 Å². The van der Waals surface area contributed by atoms with Crippen LogP contribution in [-0.2, 0) is 17.8 Å². The Kier molecular flexibility index (Phi) is 7.56. The minimum atomic E-state index is -0.157. The highest BCUT2D eigenvalue weighted by Gasteiger charge is 2.33. The molecule has 0 radical (unpaired) electrons. The monoisotopic (exact) mass is 478 g/mol. The van der Waals surface area contributed by atoms with Crippen molar-refractivity contribution in [3.05, 3.63) is 65.5 Å². The molecule has 0 bridgehead atoms. The van der Waals surface area contributed by atoms with Gasteiger partial charge in [-0.15, -0.1) is 5.10 Å². The van der Waals surface area contributed by atoms with Gasteiger partial charge in [0.25, 0.3) is 0 Å². The summed E-state index contributed by atoms with van der Waals surface area (Å²) in [5.74, 6) is 2.39. The molecule has 0 saturated carbocycles. The van der Waals surface area contributed by atoms with Crippen molar-refractivity contribution in [2.75, 3.05) is 47.0 Å². The summed E-state index contributed by atoms with van der Waals surface area (Å²) in [6.07, 6.45) is 2.26. The Morgan fingerprint density at radius 2 is 1.86 bits per heavy atom. The highest BCUT2D eigenvalue weighted by molar-refractivity contribution is 5.44. The summed E-state index contributed by atoms with van der Waals surface area (Å²) in [7, 11) is 3.39. The second-order valence-electron chi connectivity index (χ2n) is 9.16. The summed E-state index contributed by atoms with van der Waals surface area (Å²) in [6.45, 7) is 6.13. The van der Waals surface area contributed by atoms with E-state index in [0.29, 0.717) is 6.54 Å². The Morgan fingerprint density at radius 3 is 2.57 bits per heavy atom. The molecule has 2 saturated heterocycles. The first-order chi connectivity index (χ1) is 17.2. The number of nitrogens with zero attached hydrogens (tertiary/aromatic N) is 6. The van der Waals surface area contributed by atoms with E-state index in [4.69, 9.17) is 14.2 Å². The molecule has 0 N–H and O–H groups in total. The Labute approximate surface area is 206 Å². The van der Waals surface area contributed by atoms with Crippen LogP contribution in [0.2, 0.25) is 0 Å². The van der Waals surface area contributed by atoms with Crippen LogP contribution in [0.1, 0.15) is 35.8 Å². The average Bonchev–Trinajstić information content (AvgIpc) is 3.59. The van der Waals surface area contributed by atoms with Gasteiger partial charge in [-0.3, -0.25) is 9.80 Å². The zero-order valence-electron chi connectivity index (χ0n) is 20.5. The second kappa shape index (κ2) is 11.2. The maximum absolute atomic E-state index is 5.88. The number of hydrogen-bond donors (Lipinski definition) is 0. The summed E-state index contributed by atoms with van der Waals surface area (Å²) in [5, 5.41) is 13.0. The molecule has 0 aliphatic carbocycles. The third-order valence-electron chi connectivity index (χ3n) is 6.96. The normalized spacial score (nSPS) is 20.1. The quantitative estimate of drug-likeness (QED) is 0.465. The molecule has 0 spiro atoms. The lowest BCUT2D eigenvalue weighted by molar-refractivity contribution is 0.0837. The van der Waals surface area contributed by atoms with Gasteiger partial charge in [0.1, 0.15) is 17.5 Å². The van der Waals surface area contributed by atoms with Crippen molar-refractivity contribution >= 4 is 0 Å². The van der Waals surface area contributed by atoms with E-state index in [1.165, 1.54) is 5.56 Å². The Balaban J connectivity index is 1.42. The topological polar surface area (TPSA) is 77.8 Å². The van der Waals surface area contributed by atoms with Gasteiger partial charge in [-0.2, -0.15) is 0 Å². The number of aromatic nitrogens is 4. The number of ether oxygens (including phenoxy) is 3. The molecular weight excluding hydrogens is 444 g/mol. The van der Waals surface area contributed by atoms with Gasteiger partial charge in [0, 0.05) is 44.9 Å². The van der Waals surface area contributed by atoms with Gasteiger partial charge in [0.2, 0.25) is 0 Å². The zero-order valence-corrected chi connectivity index (χ0v) is 20.5. The van der Waals surface area contributed by atoms with Gasteiger partial charge in [-0.05, 0) is 47.0 Å². The lowest BCUT2D eigenvalue weighted by Gasteiger charge is -2.39. The minimum Gasteiger partial charge on any atom is -0.497 e. The fourth-order valence-electron chi connectivity index (χ4n) is 5.09. The summed E-state index contributed by atoms with van der Waals surface area (Å²) in [5.41, 5.74) is 2.35. The largest absolute Gasteiger partial charge is 0.497 e. The zero-order chi connectivity index (χ0) is 24.0. The van der Waals surface area contributed by atoms with E-state index in [1.807, 2.05) is 22.9 Å². The maximum atomic E-state index is 5.88. The molecule has 2 atom stereocenters. The van der Waals surface area contributed by atoms with Crippen LogP contribution in [0.5, 0.6) is 11.5 Å². The van der Waals surface area contributed by atoms with Crippen LogP contribution < -0.4 is 9.47 Å². The van der Waals surface area contributed by atoms with Crippen molar-refractivity contribution in [3.63, 3.8) is 0 Å². The van der Waals surface area contributed by atoms with E-state index >= 15 is 0 Å². The number of methoxy groups -OCH3 is 2. The average molecular weight is 479 g/mol. The van der Waals surface area contributed by atoms with Gasteiger partial charge in [-0.1, -0.05) is 30.3 Å². The third kappa shape index (κ3) is 5.47. The molecule has 5 rings (SSSR count). The Hall–Kier alpha value is -3.01. The van der Waals surface area contributed by atoms with Gasteiger partial charge in [0.05, 0.1) is 26.9 Å². The predicted octanol–water partition coefficient (Wildman–Crippen LogP) is 2.78. The highest BCUT2D eigenvalue weighted by Crippen LogP contribution is 2.37. The van der Waals surface area contributed by atoms with Gasteiger partial charge in [-0.25, -0.2) is 4.68 Å². The number of tetrazole rings is 1. The molecule has 2 aliphatic heterocycles. The Bertz CT molecular complexity index is 1080. The maximum Gasteiger partial charge on any atom is 0.173 e. The molecule has 2 aromatic carbocycles. The molecule has 1 aromatic heterocycles. The van der Waals surface area contributed by atoms with Crippen LogP contribution in [0.4, 0.5) is 0 Å². The highest BCUT2D eigenvalue weighted by atomic mass is 16.5. The summed E-state index contributed by atoms with van der Waals surface area (Å²) in [6, 6.07) is 16.4. The first-order valence-electron chi connectivity index (χ1n) is 12.3. The predicted molar refractivity (Wildman–Crippen MR) is 131 cm³/mol.